The predicted octanol–water partition coefficient (Wildman–Crippen LogP) is 4.29. The Labute approximate surface area is 155 Å². The first-order valence-electron chi connectivity index (χ1n) is 8.32. The van der Waals surface area contributed by atoms with Crippen molar-refractivity contribution in [2.45, 2.75) is 6.92 Å². The zero-order chi connectivity index (χ0) is 19.0. The molecule has 0 atom stereocenters. The van der Waals surface area contributed by atoms with Crippen molar-refractivity contribution in [1.82, 2.24) is 14.4 Å². The molecule has 27 heavy (non-hydrogen) atoms. The van der Waals surface area contributed by atoms with E-state index in [1.807, 2.05) is 47.9 Å². The summed E-state index contributed by atoms with van der Waals surface area (Å²) < 4.78 is 7.12. The maximum Gasteiger partial charge on any atom is 0.269 e. The molecule has 2 aromatic heterocycles. The molecule has 0 radical (unpaired) electrons. The Morgan fingerprint density at radius 1 is 0.963 bits per heavy atom. The number of nitro benzene ring substituents is 1. The van der Waals surface area contributed by atoms with E-state index in [9.17, 15) is 10.1 Å². The van der Waals surface area contributed by atoms with Crippen molar-refractivity contribution in [3.05, 3.63) is 76.6 Å². The molecule has 0 saturated carbocycles. The largest absolute Gasteiger partial charge is 0.497 e. The van der Waals surface area contributed by atoms with Crippen LogP contribution in [-0.4, -0.2) is 26.4 Å². The van der Waals surface area contributed by atoms with Gasteiger partial charge in [0.1, 0.15) is 5.75 Å². The van der Waals surface area contributed by atoms with E-state index in [1.165, 1.54) is 12.1 Å². The summed E-state index contributed by atoms with van der Waals surface area (Å²) in [6.45, 7) is 1.91. The molecular weight excluding hydrogens is 344 g/mol. The van der Waals surface area contributed by atoms with Crippen LogP contribution in [0.5, 0.6) is 5.75 Å². The number of aromatic nitrogens is 3. The summed E-state index contributed by atoms with van der Waals surface area (Å²) in [6.07, 6.45) is 1.91. The molecule has 2 heterocycles. The molecule has 0 N–H and O–H groups in total. The number of benzene rings is 2. The van der Waals surface area contributed by atoms with Gasteiger partial charge in [0.15, 0.2) is 0 Å². The van der Waals surface area contributed by atoms with Crippen LogP contribution >= 0.6 is 0 Å². The molecule has 7 nitrogen and oxygen atoms in total. The van der Waals surface area contributed by atoms with Crippen LogP contribution in [0.2, 0.25) is 0 Å². The Kier molecular flexibility index (Phi) is 4.04. The Balaban J connectivity index is 1.94. The first kappa shape index (κ1) is 16.7. The van der Waals surface area contributed by atoms with E-state index < -0.39 is 4.92 Å². The van der Waals surface area contributed by atoms with Gasteiger partial charge in [-0.3, -0.25) is 14.5 Å². The smallest absolute Gasteiger partial charge is 0.269 e. The fourth-order valence-electron chi connectivity index (χ4n) is 2.99. The molecule has 134 valence electrons. The van der Waals surface area contributed by atoms with E-state index in [2.05, 4.69) is 4.98 Å². The zero-order valence-corrected chi connectivity index (χ0v) is 14.8. The van der Waals surface area contributed by atoms with E-state index in [0.717, 1.165) is 34.0 Å². The van der Waals surface area contributed by atoms with Crippen molar-refractivity contribution < 1.29 is 9.66 Å². The SMILES string of the molecule is COc1ccc(-c2nc3nc(C)ccn3c2-c2ccc([N+](=O)[O-])cc2)cc1. The van der Waals surface area contributed by atoms with Crippen LogP contribution in [0, 0.1) is 17.0 Å². The van der Waals surface area contributed by atoms with Crippen LogP contribution in [-0.2, 0) is 0 Å². The second kappa shape index (κ2) is 6.53. The Hall–Kier alpha value is -3.74. The summed E-state index contributed by atoms with van der Waals surface area (Å²) in [5, 5.41) is 11.0. The minimum absolute atomic E-state index is 0.0486. The molecular formula is C20H16N4O3. The maximum absolute atomic E-state index is 11.0. The molecule has 0 amide bonds. The predicted molar refractivity (Wildman–Crippen MR) is 102 cm³/mol. The number of rotatable bonds is 4. The third-order valence-corrected chi connectivity index (χ3v) is 4.35. The summed E-state index contributed by atoms with van der Waals surface area (Å²) in [6, 6.07) is 16.0. The van der Waals surface area contributed by atoms with Gasteiger partial charge < -0.3 is 4.74 Å². The molecule has 0 unspecified atom stereocenters. The lowest BCUT2D eigenvalue weighted by atomic mass is 10.0. The maximum atomic E-state index is 11.0. The summed E-state index contributed by atoms with van der Waals surface area (Å²) >= 11 is 0. The van der Waals surface area contributed by atoms with Crippen molar-refractivity contribution in [2.24, 2.45) is 0 Å². The normalized spacial score (nSPS) is 10.9. The quantitative estimate of drug-likeness (QED) is 0.400. The van der Waals surface area contributed by atoms with Gasteiger partial charge in [-0.25, -0.2) is 9.97 Å². The van der Waals surface area contributed by atoms with Gasteiger partial charge in [0.05, 0.1) is 23.4 Å². The highest BCUT2D eigenvalue weighted by Crippen LogP contribution is 2.34. The number of nitro groups is 1. The summed E-state index contributed by atoms with van der Waals surface area (Å²) in [4.78, 5) is 19.8. The molecule has 0 spiro atoms. The van der Waals surface area contributed by atoms with Gasteiger partial charge in [-0.1, -0.05) is 0 Å². The average Bonchev–Trinajstić information content (AvgIpc) is 3.06. The molecule has 0 bridgehead atoms. The van der Waals surface area contributed by atoms with Gasteiger partial charge in [-0.2, -0.15) is 0 Å². The van der Waals surface area contributed by atoms with E-state index in [1.54, 1.807) is 19.2 Å². The number of non-ortho nitro benzene ring substituents is 1. The van der Waals surface area contributed by atoms with Crippen LogP contribution in [0.25, 0.3) is 28.3 Å². The van der Waals surface area contributed by atoms with Crippen LogP contribution in [0.15, 0.2) is 60.8 Å². The number of methoxy groups -OCH3 is 1. The van der Waals surface area contributed by atoms with Crippen LogP contribution in [0.3, 0.4) is 0 Å². The van der Waals surface area contributed by atoms with Crippen molar-refractivity contribution in [1.29, 1.82) is 0 Å². The summed E-state index contributed by atoms with van der Waals surface area (Å²) in [5.74, 6) is 1.34. The number of ether oxygens (including phenoxy) is 1. The lowest BCUT2D eigenvalue weighted by Crippen LogP contribution is -1.93. The minimum atomic E-state index is -0.409. The van der Waals surface area contributed by atoms with Gasteiger partial charge in [-0.05, 0) is 49.4 Å². The number of fused-ring (bicyclic) bond motifs is 1. The van der Waals surface area contributed by atoms with E-state index in [4.69, 9.17) is 9.72 Å². The number of nitrogens with zero attached hydrogens (tertiary/aromatic N) is 4. The van der Waals surface area contributed by atoms with Crippen molar-refractivity contribution in [2.75, 3.05) is 7.11 Å². The second-order valence-electron chi connectivity index (χ2n) is 6.08. The van der Waals surface area contributed by atoms with E-state index in [-0.39, 0.29) is 5.69 Å². The highest BCUT2D eigenvalue weighted by Gasteiger charge is 2.18. The van der Waals surface area contributed by atoms with Gasteiger partial charge in [0.2, 0.25) is 5.78 Å². The number of imidazole rings is 1. The van der Waals surface area contributed by atoms with E-state index >= 15 is 0 Å². The minimum Gasteiger partial charge on any atom is -0.497 e. The third-order valence-electron chi connectivity index (χ3n) is 4.35. The first-order valence-corrected chi connectivity index (χ1v) is 8.32. The van der Waals surface area contributed by atoms with Gasteiger partial charge in [-0.15, -0.1) is 0 Å². The number of hydrogen-bond donors (Lipinski definition) is 0. The standard InChI is InChI=1S/C20H16N4O3/c1-13-11-12-23-19(15-3-7-16(8-4-15)24(25)26)18(22-20(23)21-13)14-5-9-17(27-2)10-6-14/h3-12H,1-2H3. The highest BCUT2D eigenvalue weighted by molar-refractivity contribution is 5.81. The van der Waals surface area contributed by atoms with Gasteiger partial charge in [0, 0.05) is 35.2 Å². The number of hydrogen-bond acceptors (Lipinski definition) is 5. The average molecular weight is 360 g/mol. The van der Waals surface area contributed by atoms with Crippen molar-refractivity contribution in [3.8, 4) is 28.3 Å². The fraction of sp³-hybridized carbons (Fsp3) is 0.100. The van der Waals surface area contributed by atoms with Gasteiger partial charge >= 0.3 is 0 Å². The van der Waals surface area contributed by atoms with Crippen molar-refractivity contribution >= 4 is 11.5 Å². The molecule has 4 rings (SSSR count). The van der Waals surface area contributed by atoms with Crippen LogP contribution in [0.1, 0.15) is 5.69 Å². The Bertz CT molecular complexity index is 1130. The molecule has 0 fully saturated rings. The zero-order valence-electron chi connectivity index (χ0n) is 14.8. The van der Waals surface area contributed by atoms with Crippen LogP contribution in [0.4, 0.5) is 5.69 Å². The monoisotopic (exact) mass is 360 g/mol. The molecule has 4 aromatic rings. The lowest BCUT2D eigenvalue weighted by Gasteiger charge is -2.06. The summed E-state index contributed by atoms with van der Waals surface area (Å²) in [5.41, 5.74) is 4.23. The van der Waals surface area contributed by atoms with Gasteiger partial charge in [0.25, 0.3) is 5.69 Å². The first-order chi connectivity index (χ1) is 13.1. The molecule has 7 heteroatoms. The highest BCUT2D eigenvalue weighted by atomic mass is 16.6. The number of aryl methyl sites for hydroxylation is 1. The molecule has 2 aromatic carbocycles. The topological polar surface area (TPSA) is 82.6 Å². The molecule has 0 aliphatic heterocycles. The van der Waals surface area contributed by atoms with Crippen LogP contribution < -0.4 is 4.74 Å². The lowest BCUT2D eigenvalue weighted by molar-refractivity contribution is -0.384. The fourth-order valence-corrected chi connectivity index (χ4v) is 2.99. The third kappa shape index (κ3) is 2.99. The molecule has 0 aliphatic rings. The Morgan fingerprint density at radius 2 is 1.63 bits per heavy atom. The van der Waals surface area contributed by atoms with E-state index in [0.29, 0.717) is 5.78 Å². The second-order valence-corrected chi connectivity index (χ2v) is 6.08. The molecule has 0 aliphatic carbocycles. The van der Waals surface area contributed by atoms with Crippen molar-refractivity contribution in [3.63, 3.8) is 0 Å². The summed E-state index contributed by atoms with van der Waals surface area (Å²) in [7, 11) is 1.62. The Morgan fingerprint density at radius 3 is 2.26 bits per heavy atom. The molecule has 0 saturated heterocycles.